The maximum absolute atomic E-state index is 12.9. The predicted octanol–water partition coefficient (Wildman–Crippen LogP) is 1.74. The van der Waals surface area contributed by atoms with Crippen LogP contribution < -0.4 is 10.5 Å². The Morgan fingerprint density at radius 2 is 1.85 bits per heavy atom. The van der Waals surface area contributed by atoms with Crippen LogP contribution in [-0.4, -0.2) is 49.0 Å². The minimum atomic E-state index is -0.608. The van der Waals surface area contributed by atoms with Gasteiger partial charge < -0.3 is 20.1 Å². The van der Waals surface area contributed by atoms with Crippen LogP contribution in [0.5, 0.6) is 5.75 Å². The number of amides is 2. The SMILES string of the molecule is COC(=O)c1cc(OCC2CCC2)cc(C(=O)N2CCC[C@H]2C(N)=O)c1. The number of hydrogen-bond donors (Lipinski definition) is 1. The monoisotopic (exact) mass is 360 g/mol. The van der Waals surface area contributed by atoms with E-state index in [1.165, 1.54) is 24.5 Å². The van der Waals surface area contributed by atoms with Crippen molar-refractivity contribution >= 4 is 17.8 Å². The molecule has 0 spiro atoms. The van der Waals surface area contributed by atoms with Crippen molar-refractivity contribution in [2.24, 2.45) is 11.7 Å². The number of nitrogens with zero attached hydrogens (tertiary/aromatic N) is 1. The Balaban J connectivity index is 1.84. The van der Waals surface area contributed by atoms with Gasteiger partial charge in [-0.15, -0.1) is 0 Å². The van der Waals surface area contributed by atoms with E-state index in [0.717, 1.165) is 19.3 Å². The number of ether oxygens (including phenoxy) is 2. The second-order valence-electron chi connectivity index (χ2n) is 6.90. The Morgan fingerprint density at radius 1 is 1.12 bits per heavy atom. The van der Waals surface area contributed by atoms with Gasteiger partial charge in [0.25, 0.3) is 5.91 Å². The molecular formula is C19H24N2O5. The number of likely N-dealkylation sites (tertiary alicyclic amines) is 1. The standard InChI is InChI=1S/C19H24N2O5/c1-25-19(24)14-8-13(9-15(10-14)26-11-12-4-2-5-12)18(23)21-7-3-6-16(21)17(20)22/h8-10,12,16H,2-7,11H2,1H3,(H2,20,22)/t16-/m0/s1. The summed E-state index contributed by atoms with van der Waals surface area (Å²) >= 11 is 0. The lowest BCUT2D eigenvalue weighted by Crippen LogP contribution is -2.43. The zero-order chi connectivity index (χ0) is 18.7. The van der Waals surface area contributed by atoms with Crippen LogP contribution in [0, 0.1) is 5.92 Å². The fourth-order valence-corrected chi connectivity index (χ4v) is 3.39. The van der Waals surface area contributed by atoms with Crippen molar-refractivity contribution in [3.05, 3.63) is 29.3 Å². The highest BCUT2D eigenvalue weighted by Crippen LogP contribution is 2.28. The van der Waals surface area contributed by atoms with Crippen LogP contribution in [-0.2, 0) is 9.53 Å². The van der Waals surface area contributed by atoms with E-state index in [-0.39, 0.29) is 11.5 Å². The quantitative estimate of drug-likeness (QED) is 0.779. The fourth-order valence-electron chi connectivity index (χ4n) is 3.39. The van der Waals surface area contributed by atoms with E-state index in [2.05, 4.69) is 0 Å². The maximum Gasteiger partial charge on any atom is 0.338 e. The van der Waals surface area contributed by atoms with Gasteiger partial charge in [-0.3, -0.25) is 9.59 Å². The highest BCUT2D eigenvalue weighted by Gasteiger charge is 2.33. The van der Waals surface area contributed by atoms with Gasteiger partial charge >= 0.3 is 5.97 Å². The predicted molar refractivity (Wildman–Crippen MR) is 93.9 cm³/mol. The first-order valence-corrected chi connectivity index (χ1v) is 8.96. The minimum absolute atomic E-state index is 0.247. The molecule has 1 aliphatic carbocycles. The lowest BCUT2D eigenvalue weighted by Gasteiger charge is -2.25. The molecule has 2 amide bonds. The minimum Gasteiger partial charge on any atom is -0.493 e. The van der Waals surface area contributed by atoms with E-state index < -0.39 is 17.9 Å². The van der Waals surface area contributed by atoms with Gasteiger partial charge in [0.15, 0.2) is 0 Å². The van der Waals surface area contributed by atoms with Gasteiger partial charge in [-0.2, -0.15) is 0 Å². The van der Waals surface area contributed by atoms with Crippen molar-refractivity contribution in [3.63, 3.8) is 0 Å². The summed E-state index contributed by atoms with van der Waals surface area (Å²) < 4.78 is 10.6. The average Bonchev–Trinajstić information content (AvgIpc) is 3.08. The molecule has 26 heavy (non-hydrogen) atoms. The second-order valence-corrected chi connectivity index (χ2v) is 6.90. The number of benzene rings is 1. The summed E-state index contributed by atoms with van der Waals surface area (Å²) in [6.45, 7) is 1.03. The molecule has 2 aliphatic rings. The number of carbonyl (C=O) groups excluding carboxylic acids is 3. The molecule has 1 atom stereocenters. The molecule has 140 valence electrons. The zero-order valence-electron chi connectivity index (χ0n) is 14.9. The Labute approximate surface area is 152 Å². The largest absolute Gasteiger partial charge is 0.493 e. The van der Waals surface area contributed by atoms with Gasteiger partial charge in [0.1, 0.15) is 11.8 Å². The molecule has 1 heterocycles. The van der Waals surface area contributed by atoms with Gasteiger partial charge in [0.2, 0.25) is 5.91 Å². The van der Waals surface area contributed by atoms with E-state index in [0.29, 0.717) is 36.8 Å². The second kappa shape index (κ2) is 7.76. The molecule has 0 radical (unpaired) electrons. The molecule has 0 unspecified atom stereocenters. The number of carbonyl (C=O) groups is 3. The molecule has 7 heteroatoms. The molecule has 1 aromatic carbocycles. The van der Waals surface area contributed by atoms with E-state index in [1.54, 1.807) is 12.1 Å². The number of hydrogen-bond acceptors (Lipinski definition) is 5. The molecule has 1 aliphatic heterocycles. The van der Waals surface area contributed by atoms with Crippen molar-refractivity contribution in [2.75, 3.05) is 20.3 Å². The number of esters is 1. The van der Waals surface area contributed by atoms with Crippen molar-refractivity contribution in [2.45, 2.75) is 38.1 Å². The number of nitrogens with two attached hydrogens (primary N) is 1. The Hall–Kier alpha value is -2.57. The molecule has 0 aromatic heterocycles. The van der Waals surface area contributed by atoms with Crippen LogP contribution in [0.25, 0.3) is 0 Å². The average molecular weight is 360 g/mol. The third-order valence-electron chi connectivity index (χ3n) is 5.13. The molecular weight excluding hydrogens is 336 g/mol. The molecule has 1 saturated carbocycles. The number of rotatable bonds is 6. The van der Waals surface area contributed by atoms with Gasteiger partial charge in [0, 0.05) is 12.1 Å². The van der Waals surface area contributed by atoms with Crippen LogP contribution in [0.2, 0.25) is 0 Å². The third kappa shape index (κ3) is 3.81. The number of primary amides is 1. The van der Waals surface area contributed by atoms with Gasteiger partial charge in [-0.25, -0.2) is 4.79 Å². The molecule has 1 saturated heterocycles. The fraction of sp³-hybridized carbons (Fsp3) is 0.526. The smallest absolute Gasteiger partial charge is 0.338 e. The Morgan fingerprint density at radius 3 is 2.46 bits per heavy atom. The summed E-state index contributed by atoms with van der Waals surface area (Å²) in [7, 11) is 1.29. The lowest BCUT2D eigenvalue weighted by atomic mass is 9.86. The third-order valence-corrected chi connectivity index (χ3v) is 5.13. The molecule has 1 aromatic rings. The normalized spacial score (nSPS) is 19.7. The van der Waals surface area contributed by atoms with Gasteiger partial charge in [-0.1, -0.05) is 6.42 Å². The summed E-state index contributed by atoms with van der Waals surface area (Å²) in [6.07, 6.45) is 4.76. The van der Waals surface area contributed by atoms with Crippen LogP contribution in [0.3, 0.4) is 0 Å². The van der Waals surface area contributed by atoms with E-state index in [1.807, 2.05) is 0 Å². The summed E-state index contributed by atoms with van der Waals surface area (Å²) in [5, 5.41) is 0. The Kier molecular flexibility index (Phi) is 5.44. The van der Waals surface area contributed by atoms with Crippen LogP contribution in [0.4, 0.5) is 0 Å². The molecule has 3 rings (SSSR count). The molecule has 2 N–H and O–H groups in total. The van der Waals surface area contributed by atoms with Crippen molar-refractivity contribution in [3.8, 4) is 5.75 Å². The van der Waals surface area contributed by atoms with E-state index in [4.69, 9.17) is 15.2 Å². The summed E-state index contributed by atoms with van der Waals surface area (Å²) in [6, 6.07) is 4.06. The van der Waals surface area contributed by atoms with E-state index >= 15 is 0 Å². The first-order valence-electron chi connectivity index (χ1n) is 8.96. The van der Waals surface area contributed by atoms with E-state index in [9.17, 15) is 14.4 Å². The first kappa shape index (κ1) is 18.2. The zero-order valence-corrected chi connectivity index (χ0v) is 14.9. The van der Waals surface area contributed by atoms with Gasteiger partial charge in [0.05, 0.1) is 19.3 Å². The molecule has 2 fully saturated rings. The van der Waals surface area contributed by atoms with Gasteiger partial charge in [-0.05, 0) is 49.8 Å². The van der Waals surface area contributed by atoms with Crippen molar-refractivity contribution in [1.82, 2.24) is 4.90 Å². The summed E-state index contributed by atoms with van der Waals surface area (Å²) in [5.41, 5.74) is 5.95. The number of methoxy groups -OCH3 is 1. The first-order chi connectivity index (χ1) is 12.5. The van der Waals surface area contributed by atoms with Crippen LogP contribution in [0.1, 0.15) is 52.8 Å². The van der Waals surface area contributed by atoms with Crippen molar-refractivity contribution < 1.29 is 23.9 Å². The summed E-state index contributed by atoms with van der Waals surface area (Å²) in [5.74, 6) is -0.403. The Bertz CT molecular complexity index is 714. The maximum atomic E-state index is 12.9. The molecule has 0 bridgehead atoms. The lowest BCUT2D eigenvalue weighted by molar-refractivity contribution is -0.121. The van der Waals surface area contributed by atoms with Crippen LogP contribution in [0.15, 0.2) is 18.2 Å². The van der Waals surface area contributed by atoms with Crippen LogP contribution >= 0.6 is 0 Å². The summed E-state index contributed by atoms with van der Waals surface area (Å²) in [4.78, 5) is 37.9. The highest BCUT2D eigenvalue weighted by atomic mass is 16.5. The van der Waals surface area contributed by atoms with Crippen molar-refractivity contribution in [1.29, 1.82) is 0 Å². The molecule has 7 nitrogen and oxygen atoms in total. The topological polar surface area (TPSA) is 98.9 Å². The highest BCUT2D eigenvalue weighted by molar-refractivity contribution is 6.00.